The monoisotopic (exact) mass is 301 g/mol. The van der Waals surface area contributed by atoms with E-state index in [0.717, 1.165) is 5.92 Å². The lowest BCUT2D eigenvalue weighted by Crippen LogP contribution is -2.31. The first-order valence-electron chi connectivity index (χ1n) is 6.19. The summed E-state index contributed by atoms with van der Waals surface area (Å²) < 4.78 is 1.20. The van der Waals surface area contributed by atoms with Gasteiger partial charge >= 0.3 is 0 Å². The SMILES string of the molecule is CCC(CC1CC1)NC(C)c1cc(Br)cs1. The van der Waals surface area contributed by atoms with Crippen LogP contribution in [0.2, 0.25) is 0 Å². The number of thiophene rings is 1. The molecule has 0 amide bonds. The van der Waals surface area contributed by atoms with Gasteiger partial charge < -0.3 is 5.32 Å². The third kappa shape index (κ3) is 3.57. The molecule has 1 aliphatic carbocycles. The maximum absolute atomic E-state index is 3.76. The van der Waals surface area contributed by atoms with Gasteiger partial charge in [-0.2, -0.15) is 0 Å². The smallest absolute Gasteiger partial charge is 0.0388 e. The summed E-state index contributed by atoms with van der Waals surface area (Å²) >= 11 is 5.35. The topological polar surface area (TPSA) is 12.0 Å². The first-order valence-corrected chi connectivity index (χ1v) is 7.86. The van der Waals surface area contributed by atoms with Crippen LogP contribution in [0.4, 0.5) is 0 Å². The van der Waals surface area contributed by atoms with Gasteiger partial charge in [-0.05, 0) is 47.7 Å². The summed E-state index contributed by atoms with van der Waals surface area (Å²) in [5.41, 5.74) is 0. The minimum absolute atomic E-state index is 0.486. The molecule has 1 N–H and O–H groups in total. The second-order valence-corrected chi connectivity index (χ2v) is 6.70. The van der Waals surface area contributed by atoms with E-state index < -0.39 is 0 Å². The Morgan fingerprint density at radius 2 is 2.31 bits per heavy atom. The van der Waals surface area contributed by atoms with Crippen molar-refractivity contribution < 1.29 is 0 Å². The minimum Gasteiger partial charge on any atom is -0.307 e. The van der Waals surface area contributed by atoms with Crippen LogP contribution in [0.1, 0.15) is 50.4 Å². The zero-order valence-corrected chi connectivity index (χ0v) is 12.4. The van der Waals surface area contributed by atoms with Crippen molar-refractivity contribution in [3.63, 3.8) is 0 Å². The molecule has 0 aliphatic heterocycles. The summed E-state index contributed by atoms with van der Waals surface area (Å²) in [6, 6.07) is 3.41. The Morgan fingerprint density at radius 1 is 1.56 bits per heavy atom. The van der Waals surface area contributed by atoms with Gasteiger partial charge in [-0.1, -0.05) is 19.8 Å². The van der Waals surface area contributed by atoms with Gasteiger partial charge in [-0.3, -0.25) is 0 Å². The molecule has 1 fully saturated rings. The van der Waals surface area contributed by atoms with E-state index in [1.54, 1.807) is 0 Å². The van der Waals surface area contributed by atoms with Crippen LogP contribution in [0, 0.1) is 5.92 Å². The molecule has 0 saturated heterocycles. The number of halogens is 1. The quantitative estimate of drug-likeness (QED) is 0.800. The summed E-state index contributed by atoms with van der Waals surface area (Å²) in [7, 11) is 0. The van der Waals surface area contributed by atoms with Gasteiger partial charge in [0.1, 0.15) is 0 Å². The fraction of sp³-hybridized carbons (Fsp3) is 0.692. The third-order valence-corrected chi connectivity index (χ3v) is 5.18. The van der Waals surface area contributed by atoms with Crippen molar-refractivity contribution in [3.05, 3.63) is 20.8 Å². The molecule has 0 bridgehead atoms. The highest BCUT2D eigenvalue weighted by Crippen LogP contribution is 2.35. The van der Waals surface area contributed by atoms with Crippen molar-refractivity contribution in [3.8, 4) is 0 Å². The number of hydrogen-bond acceptors (Lipinski definition) is 2. The molecule has 16 heavy (non-hydrogen) atoms. The Bertz CT molecular complexity index is 332. The Labute approximate surface area is 111 Å². The first kappa shape index (κ1) is 12.6. The molecule has 0 radical (unpaired) electrons. The largest absolute Gasteiger partial charge is 0.307 e. The zero-order chi connectivity index (χ0) is 11.5. The molecule has 1 aliphatic rings. The average Bonchev–Trinajstić information content (AvgIpc) is 2.97. The summed E-state index contributed by atoms with van der Waals surface area (Å²) in [6.45, 7) is 4.56. The van der Waals surface area contributed by atoms with Gasteiger partial charge in [-0.15, -0.1) is 11.3 Å². The zero-order valence-electron chi connectivity index (χ0n) is 10.0. The molecule has 0 spiro atoms. The first-order chi connectivity index (χ1) is 7.69. The third-order valence-electron chi connectivity index (χ3n) is 3.31. The number of nitrogens with one attached hydrogen (secondary N) is 1. The molecule has 1 aromatic rings. The van der Waals surface area contributed by atoms with Gasteiger partial charge in [0.25, 0.3) is 0 Å². The van der Waals surface area contributed by atoms with E-state index in [-0.39, 0.29) is 0 Å². The van der Waals surface area contributed by atoms with Gasteiger partial charge in [0.05, 0.1) is 0 Å². The average molecular weight is 302 g/mol. The lowest BCUT2D eigenvalue weighted by atomic mass is 10.1. The van der Waals surface area contributed by atoms with Crippen LogP contribution in [0.3, 0.4) is 0 Å². The van der Waals surface area contributed by atoms with E-state index in [1.807, 2.05) is 11.3 Å². The number of rotatable bonds is 6. The van der Waals surface area contributed by atoms with Gasteiger partial charge in [0.15, 0.2) is 0 Å². The fourth-order valence-corrected chi connectivity index (χ4v) is 3.56. The highest BCUT2D eigenvalue weighted by atomic mass is 79.9. The lowest BCUT2D eigenvalue weighted by Gasteiger charge is -2.21. The summed E-state index contributed by atoms with van der Waals surface area (Å²) in [4.78, 5) is 1.43. The van der Waals surface area contributed by atoms with Crippen LogP contribution in [0.5, 0.6) is 0 Å². The van der Waals surface area contributed by atoms with Crippen molar-refractivity contribution >= 4 is 27.3 Å². The molecule has 1 nitrogen and oxygen atoms in total. The summed E-state index contributed by atoms with van der Waals surface area (Å²) in [6.07, 6.45) is 5.52. The van der Waals surface area contributed by atoms with Gasteiger partial charge in [0, 0.05) is 26.8 Å². The molecule has 0 aromatic carbocycles. The maximum atomic E-state index is 3.76. The summed E-state index contributed by atoms with van der Waals surface area (Å²) in [5.74, 6) is 1.01. The highest BCUT2D eigenvalue weighted by Gasteiger charge is 2.25. The molecule has 2 unspecified atom stereocenters. The van der Waals surface area contributed by atoms with Crippen molar-refractivity contribution in [2.24, 2.45) is 5.92 Å². The second kappa shape index (κ2) is 5.65. The Kier molecular flexibility index (Phi) is 4.45. The van der Waals surface area contributed by atoms with Crippen LogP contribution < -0.4 is 5.32 Å². The second-order valence-electron chi connectivity index (χ2n) is 4.84. The van der Waals surface area contributed by atoms with Gasteiger partial charge in [-0.25, -0.2) is 0 Å². The number of hydrogen-bond donors (Lipinski definition) is 1. The fourth-order valence-electron chi connectivity index (χ4n) is 2.10. The molecule has 3 heteroatoms. The molecular weight excluding hydrogens is 282 g/mol. The lowest BCUT2D eigenvalue weighted by molar-refractivity contribution is 0.407. The van der Waals surface area contributed by atoms with Crippen molar-refractivity contribution in [2.45, 2.75) is 51.6 Å². The molecule has 1 heterocycles. The summed E-state index contributed by atoms with van der Waals surface area (Å²) in [5, 5.41) is 5.92. The minimum atomic E-state index is 0.486. The van der Waals surface area contributed by atoms with Crippen molar-refractivity contribution in [2.75, 3.05) is 0 Å². The van der Waals surface area contributed by atoms with Crippen LogP contribution in [-0.4, -0.2) is 6.04 Å². The molecule has 2 atom stereocenters. The highest BCUT2D eigenvalue weighted by molar-refractivity contribution is 9.10. The van der Waals surface area contributed by atoms with Crippen LogP contribution in [0.15, 0.2) is 15.9 Å². The molecule has 1 aromatic heterocycles. The van der Waals surface area contributed by atoms with Gasteiger partial charge in [0.2, 0.25) is 0 Å². The standard InChI is InChI=1S/C13H20BrNS/c1-3-12(6-10-4-5-10)15-9(2)13-7-11(14)8-16-13/h7-10,12,15H,3-6H2,1-2H3. The van der Waals surface area contributed by atoms with Crippen LogP contribution in [0.25, 0.3) is 0 Å². The van der Waals surface area contributed by atoms with E-state index in [0.29, 0.717) is 12.1 Å². The van der Waals surface area contributed by atoms with Crippen LogP contribution in [-0.2, 0) is 0 Å². The predicted octanol–water partition coefficient (Wildman–Crippen LogP) is 4.74. The molecule has 90 valence electrons. The van der Waals surface area contributed by atoms with Crippen molar-refractivity contribution in [1.29, 1.82) is 0 Å². The van der Waals surface area contributed by atoms with E-state index >= 15 is 0 Å². The Balaban J connectivity index is 1.86. The predicted molar refractivity (Wildman–Crippen MR) is 75.0 cm³/mol. The molecule has 2 rings (SSSR count). The normalized spacial score (nSPS) is 19.7. The van der Waals surface area contributed by atoms with E-state index in [2.05, 4.69) is 46.5 Å². The van der Waals surface area contributed by atoms with E-state index in [9.17, 15) is 0 Å². The van der Waals surface area contributed by atoms with Crippen molar-refractivity contribution in [1.82, 2.24) is 5.32 Å². The Hall–Kier alpha value is 0.140. The Morgan fingerprint density at radius 3 is 2.81 bits per heavy atom. The molecular formula is C13H20BrNS. The maximum Gasteiger partial charge on any atom is 0.0388 e. The van der Waals surface area contributed by atoms with E-state index in [1.165, 1.54) is 35.0 Å². The molecule has 1 saturated carbocycles. The van der Waals surface area contributed by atoms with Crippen LogP contribution >= 0.6 is 27.3 Å². The van der Waals surface area contributed by atoms with E-state index in [4.69, 9.17) is 0 Å².